The number of rotatable bonds is 8. The Bertz CT molecular complexity index is 1420. The Balaban J connectivity index is 1.36. The second-order valence-corrected chi connectivity index (χ2v) is 9.93. The quantitative estimate of drug-likeness (QED) is 0.371. The van der Waals surface area contributed by atoms with Crippen LogP contribution in [-0.2, 0) is 11.3 Å². The number of nitrogens with one attached hydrogen (secondary N) is 1. The summed E-state index contributed by atoms with van der Waals surface area (Å²) < 4.78 is 8.15. The van der Waals surface area contributed by atoms with Crippen molar-refractivity contribution in [1.29, 1.82) is 5.41 Å². The van der Waals surface area contributed by atoms with Gasteiger partial charge in [0.05, 0.1) is 12.1 Å². The third-order valence-electron chi connectivity index (χ3n) is 6.58. The molecular weight excluding hydrogens is 470 g/mol. The second kappa shape index (κ2) is 10.1. The highest BCUT2D eigenvalue weighted by Crippen LogP contribution is 2.31. The summed E-state index contributed by atoms with van der Waals surface area (Å²) >= 11 is 1.35. The summed E-state index contributed by atoms with van der Waals surface area (Å²) in [5.74, 6) is 1.04. The number of carbonyl (C=O) groups is 1. The summed E-state index contributed by atoms with van der Waals surface area (Å²) in [6.07, 6.45) is 5.61. The first-order valence-electron chi connectivity index (χ1n) is 12.3. The van der Waals surface area contributed by atoms with Crippen LogP contribution in [0.5, 0.6) is 5.75 Å². The Morgan fingerprint density at radius 3 is 2.67 bits per heavy atom. The number of aliphatic imine (C=N–C) groups is 1. The molecule has 0 fully saturated rings. The van der Waals surface area contributed by atoms with E-state index in [1.807, 2.05) is 43.5 Å². The van der Waals surface area contributed by atoms with E-state index in [1.165, 1.54) is 22.3 Å². The van der Waals surface area contributed by atoms with Crippen LogP contribution in [0.15, 0.2) is 70.4 Å². The first-order chi connectivity index (χ1) is 17.5. The third kappa shape index (κ3) is 4.60. The van der Waals surface area contributed by atoms with Crippen molar-refractivity contribution in [2.75, 3.05) is 6.61 Å². The van der Waals surface area contributed by atoms with Crippen molar-refractivity contribution in [3.05, 3.63) is 71.4 Å². The largest absolute Gasteiger partial charge is 0.492 e. The lowest BCUT2D eigenvalue weighted by Gasteiger charge is -2.20. The lowest BCUT2D eigenvalue weighted by Crippen LogP contribution is -2.35. The van der Waals surface area contributed by atoms with Gasteiger partial charge in [0, 0.05) is 22.7 Å². The monoisotopic (exact) mass is 499 g/mol. The molecule has 1 amide bonds. The zero-order valence-corrected chi connectivity index (χ0v) is 21.5. The van der Waals surface area contributed by atoms with Gasteiger partial charge in [0.15, 0.2) is 5.84 Å². The molecule has 2 aromatic carbocycles. The molecule has 1 aromatic heterocycles. The lowest BCUT2D eigenvalue weighted by atomic mass is 9.99. The summed E-state index contributed by atoms with van der Waals surface area (Å²) in [6.45, 7) is 7.58. The van der Waals surface area contributed by atoms with E-state index in [9.17, 15) is 4.79 Å². The molecule has 0 saturated heterocycles. The molecular formula is C28H29N5O2S. The molecule has 0 radical (unpaired) electrons. The van der Waals surface area contributed by atoms with Gasteiger partial charge in [0.1, 0.15) is 17.4 Å². The van der Waals surface area contributed by atoms with Gasteiger partial charge < -0.3 is 9.30 Å². The van der Waals surface area contributed by atoms with Crippen LogP contribution in [0.3, 0.4) is 0 Å². The molecule has 3 heterocycles. The number of thioether (sulfide) groups is 1. The van der Waals surface area contributed by atoms with Crippen molar-refractivity contribution in [3.8, 4) is 5.75 Å². The number of hydrogen-bond acceptors (Lipinski definition) is 5. The normalized spacial score (nSPS) is 17.4. The van der Waals surface area contributed by atoms with E-state index in [2.05, 4.69) is 46.7 Å². The van der Waals surface area contributed by atoms with Gasteiger partial charge >= 0.3 is 0 Å². The van der Waals surface area contributed by atoms with Crippen LogP contribution < -0.4 is 4.74 Å². The van der Waals surface area contributed by atoms with Crippen LogP contribution >= 0.6 is 11.8 Å². The smallest absolute Gasteiger partial charge is 0.283 e. The van der Waals surface area contributed by atoms with Gasteiger partial charge in [-0.15, -0.1) is 0 Å². The molecule has 0 saturated carbocycles. The number of amidine groups is 2. The van der Waals surface area contributed by atoms with Gasteiger partial charge in [-0.1, -0.05) is 51.1 Å². The predicted molar refractivity (Wildman–Crippen MR) is 148 cm³/mol. The van der Waals surface area contributed by atoms with Crippen molar-refractivity contribution in [3.63, 3.8) is 0 Å². The van der Waals surface area contributed by atoms with E-state index in [-0.39, 0.29) is 11.4 Å². The molecule has 1 N–H and O–H groups in total. The number of hydrazone groups is 1. The molecule has 2 aliphatic rings. The van der Waals surface area contributed by atoms with Crippen LogP contribution in [0.25, 0.3) is 17.0 Å². The highest BCUT2D eigenvalue weighted by atomic mass is 32.2. The maximum atomic E-state index is 12.8. The Labute approximate surface area is 215 Å². The first-order valence-corrected chi connectivity index (χ1v) is 13.1. The summed E-state index contributed by atoms with van der Waals surface area (Å²) in [7, 11) is 0. The number of para-hydroxylation sites is 1. The van der Waals surface area contributed by atoms with E-state index in [1.54, 1.807) is 6.08 Å². The van der Waals surface area contributed by atoms with Crippen molar-refractivity contribution in [2.24, 2.45) is 10.1 Å². The van der Waals surface area contributed by atoms with Gasteiger partial charge in [0.2, 0.25) is 5.17 Å². The number of ether oxygens (including phenoxy) is 1. The molecule has 1 atom stereocenters. The van der Waals surface area contributed by atoms with Gasteiger partial charge in [0.25, 0.3) is 5.91 Å². The topological polar surface area (TPSA) is 83.0 Å². The summed E-state index contributed by atoms with van der Waals surface area (Å²) in [6, 6.07) is 16.4. The SMILES string of the molecule is CCC1=NN2C(=N)/C(=C\c3cn(CCOc4ccc([C@@H](C)CC)cc4)c4ccccc34)C(=O)N=C2S1. The maximum absolute atomic E-state index is 12.8. The number of fused-ring (bicyclic) bond motifs is 2. The van der Waals surface area contributed by atoms with Gasteiger partial charge in [-0.2, -0.15) is 15.1 Å². The first kappa shape index (κ1) is 24.1. The average Bonchev–Trinajstić information content (AvgIpc) is 3.48. The number of amides is 1. The highest BCUT2D eigenvalue weighted by Gasteiger charge is 2.35. The number of benzene rings is 2. The minimum Gasteiger partial charge on any atom is -0.492 e. The fourth-order valence-electron chi connectivity index (χ4n) is 4.30. The highest BCUT2D eigenvalue weighted by molar-refractivity contribution is 8.26. The molecule has 0 bridgehead atoms. The summed E-state index contributed by atoms with van der Waals surface area (Å²) in [5.41, 5.74) is 3.47. The fraction of sp³-hybridized carbons (Fsp3) is 0.286. The van der Waals surface area contributed by atoms with Gasteiger partial charge in [-0.3, -0.25) is 10.2 Å². The van der Waals surface area contributed by atoms with E-state index in [4.69, 9.17) is 10.1 Å². The Morgan fingerprint density at radius 1 is 1.14 bits per heavy atom. The van der Waals surface area contributed by atoms with Gasteiger partial charge in [-0.05, 0) is 60.4 Å². The predicted octanol–water partition coefficient (Wildman–Crippen LogP) is 6.26. The van der Waals surface area contributed by atoms with Crippen LogP contribution in [0.1, 0.15) is 50.7 Å². The number of aromatic nitrogens is 1. The van der Waals surface area contributed by atoms with Crippen molar-refractivity contribution < 1.29 is 9.53 Å². The Morgan fingerprint density at radius 2 is 1.92 bits per heavy atom. The Hall–Kier alpha value is -3.65. The summed E-state index contributed by atoms with van der Waals surface area (Å²) in [5, 5.41) is 16.8. The zero-order chi connectivity index (χ0) is 25.2. The lowest BCUT2D eigenvalue weighted by molar-refractivity contribution is -0.114. The Kier molecular flexibility index (Phi) is 6.78. The number of carbonyl (C=O) groups excluding carboxylic acids is 1. The fourth-order valence-corrected chi connectivity index (χ4v) is 5.12. The van der Waals surface area contributed by atoms with Crippen molar-refractivity contribution in [2.45, 2.75) is 46.1 Å². The zero-order valence-electron chi connectivity index (χ0n) is 20.7. The average molecular weight is 500 g/mol. The second-order valence-electron chi connectivity index (χ2n) is 8.89. The number of nitrogens with zero attached hydrogens (tertiary/aromatic N) is 4. The molecule has 7 nitrogen and oxygen atoms in total. The molecule has 8 heteroatoms. The molecule has 36 heavy (non-hydrogen) atoms. The van der Waals surface area contributed by atoms with Crippen molar-refractivity contribution >= 4 is 50.7 Å². The van der Waals surface area contributed by atoms with E-state index >= 15 is 0 Å². The minimum absolute atomic E-state index is 0.0574. The molecule has 0 aliphatic carbocycles. The molecule has 3 aromatic rings. The molecule has 5 rings (SSSR count). The van der Waals surface area contributed by atoms with Gasteiger partial charge in [-0.25, -0.2) is 0 Å². The standard InChI is InChI=1S/C28H29N5O2S/c1-4-18(3)19-10-12-21(13-11-19)35-15-14-32-17-20(22-8-6-7-9-24(22)32)16-23-26(29)33-28(30-27(23)34)36-25(5-2)31-33/h6-13,16-18,29H,4-5,14-15H2,1-3H3/b23-16+,29-26?/t18-/m0/s1. The molecule has 184 valence electrons. The van der Waals surface area contributed by atoms with E-state index in [0.29, 0.717) is 24.2 Å². The molecule has 0 unspecified atom stereocenters. The van der Waals surface area contributed by atoms with Crippen LogP contribution in [0.4, 0.5) is 0 Å². The summed E-state index contributed by atoms with van der Waals surface area (Å²) in [4.78, 5) is 17.0. The third-order valence-corrected chi connectivity index (χ3v) is 7.63. The van der Waals surface area contributed by atoms with Crippen molar-refractivity contribution in [1.82, 2.24) is 9.58 Å². The molecule has 2 aliphatic heterocycles. The number of hydrogen-bond donors (Lipinski definition) is 1. The van der Waals surface area contributed by atoms with Crippen LogP contribution in [0, 0.1) is 5.41 Å². The maximum Gasteiger partial charge on any atom is 0.283 e. The van der Waals surface area contributed by atoms with E-state index < -0.39 is 5.91 Å². The molecule has 0 spiro atoms. The van der Waals surface area contributed by atoms with E-state index in [0.717, 1.165) is 40.1 Å². The van der Waals surface area contributed by atoms with Crippen LogP contribution in [-0.4, -0.2) is 38.1 Å². The minimum atomic E-state index is -0.410. The van der Waals surface area contributed by atoms with Crippen LogP contribution in [0.2, 0.25) is 0 Å².